The van der Waals surface area contributed by atoms with E-state index in [2.05, 4.69) is 566 Å². The van der Waals surface area contributed by atoms with Crippen LogP contribution in [0.25, 0.3) is 209 Å². The molecule has 7 nitrogen and oxygen atoms in total. The van der Waals surface area contributed by atoms with Gasteiger partial charge < -0.3 is 32.0 Å². The van der Waals surface area contributed by atoms with Gasteiger partial charge in [0.1, 0.15) is 0 Å². The van der Waals surface area contributed by atoms with E-state index < -0.39 is 0 Å². The van der Waals surface area contributed by atoms with Crippen LogP contribution in [0.2, 0.25) is 0 Å². The number of aryl methyl sites for hydroxylation is 7. The van der Waals surface area contributed by atoms with E-state index in [-0.39, 0.29) is 0 Å². The van der Waals surface area contributed by atoms with Crippen molar-refractivity contribution in [3.05, 3.63) is 496 Å². The Morgan fingerprint density at radius 3 is 0.955 bits per heavy atom. The molecule has 644 valence electrons. The quantitative estimate of drug-likeness (QED) is 0.159. The van der Waals surface area contributed by atoms with Gasteiger partial charge in [0.05, 0.1) is 27.6 Å². The van der Waals surface area contributed by atoms with Gasteiger partial charge >= 0.3 is 0 Å². The maximum absolute atomic E-state index is 2.34. The van der Waals surface area contributed by atoms with E-state index in [9.17, 15) is 0 Å². The van der Waals surface area contributed by atoms with Gasteiger partial charge in [-0.15, -0.1) is 0 Å². The van der Waals surface area contributed by atoms with Gasteiger partial charge in [0.25, 0.3) is 0 Å². The van der Waals surface area contributed by atoms with E-state index in [1.807, 2.05) is 0 Å². The summed E-state index contributed by atoms with van der Waals surface area (Å²) < 4.78 is 16.0. The average molecular weight is 1730 g/mol. The van der Waals surface area contributed by atoms with Gasteiger partial charge in [0.2, 0.25) is 0 Å². The average Bonchev–Trinajstić information content (AvgIpc) is 1.58. The first-order valence-corrected chi connectivity index (χ1v) is 46.1. The molecule has 0 saturated carbocycles. The van der Waals surface area contributed by atoms with Gasteiger partial charge in [-0.2, -0.15) is 0 Å². The maximum Gasteiger partial charge on any atom is 0.0568 e. The van der Waals surface area contributed by atoms with Crippen LogP contribution in [0.15, 0.2) is 485 Å². The lowest BCUT2D eigenvalue weighted by atomic mass is 10.00. The molecular formula is C127H101N7. The van der Waals surface area contributed by atoms with Crippen molar-refractivity contribution in [3.8, 4) is 55.9 Å². The molecule has 7 heterocycles. The molecule has 134 heavy (non-hydrogen) atoms. The second-order valence-electron chi connectivity index (χ2n) is 34.6. The first-order valence-electron chi connectivity index (χ1n) is 46.1. The van der Waals surface area contributed by atoms with Gasteiger partial charge in [0, 0.05) is 177 Å². The molecule has 0 bridgehead atoms. The van der Waals surface area contributed by atoms with Crippen molar-refractivity contribution in [2.45, 2.75) is 13.8 Å². The highest BCUT2D eigenvalue weighted by atomic mass is 15.0. The Bertz CT molecular complexity index is 8840. The molecule has 0 atom stereocenters. The second kappa shape index (κ2) is 36.9. The summed E-state index contributed by atoms with van der Waals surface area (Å²) in [5, 5.41) is 18.6. The molecule has 0 aliphatic carbocycles. The lowest BCUT2D eigenvalue weighted by Gasteiger charge is -2.07. The molecular weight excluding hydrogens is 1620 g/mol. The van der Waals surface area contributed by atoms with Crippen molar-refractivity contribution in [1.82, 2.24) is 32.0 Å². The summed E-state index contributed by atoms with van der Waals surface area (Å²) >= 11 is 0. The Morgan fingerprint density at radius 2 is 0.440 bits per heavy atom. The van der Waals surface area contributed by atoms with Gasteiger partial charge in [0.15, 0.2) is 0 Å². The summed E-state index contributed by atoms with van der Waals surface area (Å²) in [5.41, 5.74) is 33.2. The minimum absolute atomic E-state index is 1.21. The van der Waals surface area contributed by atoms with Crippen LogP contribution in [0, 0.1) is 13.8 Å². The summed E-state index contributed by atoms with van der Waals surface area (Å²) in [5.74, 6) is 0. The van der Waals surface area contributed by atoms with E-state index >= 15 is 0 Å². The standard InChI is InChI=1S/6C19H15N.C13H11N/c1-14-8-7-13-18-19(14)16-11-5-6-12-17(16)20(18)15-9-3-2-4-10-15;1-20-18-13-6-5-10-16(18)17-12-7-11-15(19(17)20)14-8-3-2-4-9-14;1-20-17-12-6-5-10-16(17)19-15(11-7-13-18(19)20)14-8-3-2-4-9-14;1-20-18-10-6-5-9-16(18)17-13-15(11-12-19(17)20)14-7-3-2-4-8-14;1-20-18-10-6-5-9-16(18)17-12-11-15(13-19(17)20)14-7-3-2-4-8-14;1-14-11-12-19-17(13-14)16-9-5-6-10-18(16)20(19)15-7-3-2-4-8-15;1-14-12-8-4-2-6-10(12)11-7-3-5-9-13(11)14/h6*2-13H,1H3;2-9H,1H3. The van der Waals surface area contributed by atoms with Crippen LogP contribution in [0.4, 0.5) is 0 Å². The molecule has 0 amide bonds. The first-order chi connectivity index (χ1) is 66.0. The molecule has 0 aliphatic heterocycles. The molecule has 20 aromatic carbocycles. The number of aromatic nitrogens is 7. The summed E-state index contributed by atoms with van der Waals surface area (Å²) in [6, 6.07) is 172. The highest BCUT2D eigenvalue weighted by molar-refractivity contribution is 6.17. The fourth-order valence-electron chi connectivity index (χ4n) is 20.2. The smallest absolute Gasteiger partial charge is 0.0568 e. The van der Waals surface area contributed by atoms with Crippen LogP contribution in [-0.2, 0) is 35.2 Å². The van der Waals surface area contributed by atoms with Crippen LogP contribution >= 0.6 is 0 Å². The van der Waals surface area contributed by atoms with Gasteiger partial charge in [-0.05, 0) is 174 Å². The zero-order valence-electron chi connectivity index (χ0n) is 76.3. The second-order valence-corrected chi connectivity index (χ2v) is 34.6. The normalized spacial score (nSPS) is 11.2. The lowest BCUT2D eigenvalue weighted by Crippen LogP contribution is -1.92. The summed E-state index contributed by atoms with van der Waals surface area (Å²) in [6.07, 6.45) is 0. The number of benzene rings is 20. The van der Waals surface area contributed by atoms with Crippen molar-refractivity contribution in [2.75, 3.05) is 0 Å². The first kappa shape index (κ1) is 83.9. The minimum Gasteiger partial charge on any atom is -0.344 e. The van der Waals surface area contributed by atoms with Crippen molar-refractivity contribution < 1.29 is 0 Å². The highest BCUT2D eigenvalue weighted by Gasteiger charge is 2.19. The molecule has 0 fully saturated rings. The Hall–Kier alpha value is -17.0. The molecule has 0 N–H and O–H groups in total. The van der Waals surface area contributed by atoms with Crippen LogP contribution in [0.5, 0.6) is 0 Å². The Labute approximate surface area is 780 Å². The molecule has 27 rings (SSSR count). The third-order valence-electron chi connectivity index (χ3n) is 26.7. The largest absolute Gasteiger partial charge is 0.344 e. The third-order valence-corrected chi connectivity index (χ3v) is 26.7. The number of hydrogen-bond donors (Lipinski definition) is 0. The van der Waals surface area contributed by atoms with E-state index in [1.165, 1.54) is 220 Å². The topological polar surface area (TPSA) is 34.5 Å². The predicted octanol–water partition coefficient (Wildman–Crippen LogP) is 33.5. The summed E-state index contributed by atoms with van der Waals surface area (Å²) in [7, 11) is 10.7. The zero-order valence-corrected chi connectivity index (χ0v) is 76.3. The van der Waals surface area contributed by atoms with Crippen LogP contribution < -0.4 is 0 Å². The van der Waals surface area contributed by atoms with E-state index in [4.69, 9.17) is 0 Å². The number of rotatable bonds is 6. The van der Waals surface area contributed by atoms with Crippen molar-refractivity contribution >= 4 is 153 Å². The predicted molar refractivity (Wildman–Crippen MR) is 575 cm³/mol. The summed E-state index contributed by atoms with van der Waals surface area (Å²) in [4.78, 5) is 0. The molecule has 27 aromatic rings. The number of fused-ring (bicyclic) bond motifs is 21. The fraction of sp³-hybridized carbons (Fsp3) is 0.0551. The van der Waals surface area contributed by atoms with Crippen molar-refractivity contribution in [2.24, 2.45) is 35.2 Å². The highest BCUT2D eigenvalue weighted by Crippen LogP contribution is 2.42. The van der Waals surface area contributed by atoms with Gasteiger partial charge in [-0.3, -0.25) is 0 Å². The lowest BCUT2D eigenvalue weighted by molar-refractivity contribution is 1.01. The Morgan fingerprint density at radius 1 is 0.149 bits per heavy atom. The van der Waals surface area contributed by atoms with E-state index in [0.29, 0.717) is 0 Å². The Balaban J connectivity index is 0.0000000941. The monoisotopic (exact) mass is 1720 g/mol. The molecule has 0 radical (unpaired) electrons. The van der Waals surface area contributed by atoms with E-state index in [1.54, 1.807) is 0 Å². The van der Waals surface area contributed by atoms with Crippen LogP contribution in [0.3, 0.4) is 0 Å². The maximum atomic E-state index is 2.34. The molecule has 0 unspecified atom stereocenters. The van der Waals surface area contributed by atoms with Crippen molar-refractivity contribution in [1.29, 1.82) is 0 Å². The molecule has 7 heteroatoms. The third kappa shape index (κ3) is 15.8. The zero-order chi connectivity index (χ0) is 90.7. The van der Waals surface area contributed by atoms with Gasteiger partial charge in [-0.1, -0.05) is 376 Å². The van der Waals surface area contributed by atoms with Crippen LogP contribution in [-0.4, -0.2) is 32.0 Å². The fourth-order valence-corrected chi connectivity index (χ4v) is 20.2. The SMILES string of the molecule is Cc1ccc2c(c1)c1ccccc1n2-c1ccccc1.Cc1cccc2c1c1ccccc1n2-c1ccccc1.Cn1c2ccccc2c2c(-c3ccccc3)cccc21.Cn1c2ccccc2c2cc(-c3ccccc3)ccc21.Cn1c2ccccc2c2ccc(-c3ccccc3)cc21.Cn1c2ccccc2c2cccc(-c3ccccc3)c21.Cn1c2ccccc2c2ccccc21. The van der Waals surface area contributed by atoms with Crippen LogP contribution in [0.1, 0.15) is 11.1 Å². The van der Waals surface area contributed by atoms with E-state index in [0.717, 1.165) is 0 Å². The molecule has 0 aliphatic rings. The number of para-hydroxylation sites is 11. The summed E-state index contributed by atoms with van der Waals surface area (Å²) in [6.45, 7) is 4.33. The molecule has 0 spiro atoms. The number of nitrogens with zero attached hydrogens (tertiary/aromatic N) is 7. The molecule has 0 saturated heterocycles. The molecule has 7 aromatic heterocycles. The van der Waals surface area contributed by atoms with Crippen molar-refractivity contribution in [3.63, 3.8) is 0 Å². The minimum atomic E-state index is 1.21. The van der Waals surface area contributed by atoms with Gasteiger partial charge in [-0.25, -0.2) is 0 Å². The Kier molecular flexibility index (Phi) is 23.1. The number of hydrogen-bond acceptors (Lipinski definition) is 0.